The molecule has 18 heavy (non-hydrogen) atoms. The van der Waals surface area contributed by atoms with E-state index in [0.29, 0.717) is 18.4 Å². The lowest BCUT2D eigenvalue weighted by atomic mass is 10.2. The van der Waals surface area contributed by atoms with Gasteiger partial charge in [0.15, 0.2) is 0 Å². The second kappa shape index (κ2) is 5.80. The lowest BCUT2D eigenvalue weighted by Gasteiger charge is -2.24. The Balaban J connectivity index is 1.83. The Morgan fingerprint density at radius 2 is 2.33 bits per heavy atom. The summed E-state index contributed by atoms with van der Waals surface area (Å²) < 4.78 is 0. The summed E-state index contributed by atoms with van der Waals surface area (Å²) in [7, 11) is 0. The third-order valence-electron chi connectivity index (χ3n) is 3.28. The molecular weight excluding hydrogens is 246 g/mol. The van der Waals surface area contributed by atoms with E-state index >= 15 is 0 Å². The predicted molar refractivity (Wildman–Crippen MR) is 73.7 cm³/mol. The minimum absolute atomic E-state index is 0.239. The standard InChI is InChI=1S/C13H21N3OS/c1-9(7-16-6-4-5-13(16)17)14-10(2)12-8-18-11(3)15-12/h8-10,14H,4-7H2,1-3H3. The van der Waals surface area contributed by atoms with E-state index in [1.54, 1.807) is 11.3 Å². The van der Waals surface area contributed by atoms with Crippen molar-refractivity contribution < 1.29 is 4.79 Å². The molecule has 0 radical (unpaired) electrons. The van der Waals surface area contributed by atoms with Crippen molar-refractivity contribution >= 4 is 17.2 Å². The van der Waals surface area contributed by atoms with Crippen molar-refractivity contribution in [1.82, 2.24) is 15.2 Å². The molecule has 0 bridgehead atoms. The lowest BCUT2D eigenvalue weighted by molar-refractivity contribution is -0.127. The van der Waals surface area contributed by atoms with Crippen LogP contribution in [0.4, 0.5) is 0 Å². The second-order valence-electron chi connectivity index (χ2n) is 5.02. The zero-order valence-corrected chi connectivity index (χ0v) is 12.1. The van der Waals surface area contributed by atoms with Gasteiger partial charge in [-0.05, 0) is 27.2 Å². The van der Waals surface area contributed by atoms with E-state index in [9.17, 15) is 4.79 Å². The highest BCUT2D eigenvalue weighted by molar-refractivity contribution is 7.09. The van der Waals surface area contributed by atoms with Crippen LogP contribution in [0.15, 0.2) is 5.38 Å². The normalized spacial score (nSPS) is 19.3. The molecule has 1 aromatic rings. The number of aryl methyl sites for hydroxylation is 1. The van der Waals surface area contributed by atoms with Crippen LogP contribution in [0.5, 0.6) is 0 Å². The van der Waals surface area contributed by atoms with E-state index in [2.05, 4.69) is 29.5 Å². The highest BCUT2D eigenvalue weighted by atomic mass is 32.1. The van der Waals surface area contributed by atoms with E-state index in [1.807, 2.05) is 11.8 Å². The highest BCUT2D eigenvalue weighted by Gasteiger charge is 2.22. The van der Waals surface area contributed by atoms with E-state index in [1.165, 1.54) is 0 Å². The Bertz CT molecular complexity index is 418. The maximum atomic E-state index is 11.6. The SMILES string of the molecule is Cc1nc(C(C)NC(C)CN2CCCC2=O)cs1. The average Bonchev–Trinajstić information content (AvgIpc) is 2.89. The fourth-order valence-electron chi connectivity index (χ4n) is 2.37. The number of hydrogen-bond donors (Lipinski definition) is 1. The van der Waals surface area contributed by atoms with E-state index < -0.39 is 0 Å². The number of thiazole rings is 1. The molecule has 2 unspecified atom stereocenters. The average molecular weight is 267 g/mol. The largest absolute Gasteiger partial charge is 0.341 e. The van der Waals surface area contributed by atoms with Crippen molar-refractivity contribution in [3.05, 3.63) is 16.1 Å². The van der Waals surface area contributed by atoms with E-state index in [-0.39, 0.29) is 6.04 Å². The van der Waals surface area contributed by atoms with Crippen LogP contribution < -0.4 is 5.32 Å². The van der Waals surface area contributed by atoms with Gasteiger partial charge in [0, 0.05) is 37.0 Å². The fraction of sp³-hybridized carbons (Fsp3) is 0.692. The van der Waals surface area contributed by atoms with Crippen LogP contribution in [0.25, 0.3) is 0 Å². The van der Waals surface area contributed by atoms with Crippen molar-refractivity contribution in [1.29, 1.82) is 0 Å². The summed E-state index contributed by atoms with van der Waals surface area (Å²) in [5, 5.41) is 6.70. The van der Waals surface area contributed by atoms with Gasteiger partial charge in [0.25, 0.3) is 0 Å². The van der Waals surface area contributed by atoms with Crippen LogP contribution in [0, 0.1) is 6.92 Å². The molecule has 1 aliphatic rings. The first-order valence-electron chi connectivity index (χ1n) is 6.52. The van der Waals surface area contributed by atoms with Gasteiger partial charge in [0.05, 0.1) is 10.7 Å². The van der Waals surface area contributed by atoms with Crippen LogP contribution >= 0.6 is 11.3 Å². The number of likely N-dealkylation sites (tertiary alicyclic amines) is 1. The summed E-state index contributed by atoms with van der Waals surface area (Å²) in [6.45, 7) is 7.98. The molecule has 4 nitrogen and oxygen atoms in total. The molecule has 0 aliphatic carbocycles. The third-order valence-corrected chi connectivity index (χ3v) is 4.07. The van der Waals surface area contributed by atoms with Crippen molar-refractivity contribution in [2.45, 2.75) is 45.7 Å². The molecule has 1 aromatic heterocycles. The zero-order chi connectivity index (χ0) is 13.1. The quantitative estimate of drug-likeness (QED) is 0.888. The highest BCUT2D eigenvalue weighted by Crippen LogP contribution is 2.17. The van der Waals surface area contributed by atoms with Gasteiger partial charge in [0.1, 0.15) is 0 Å². The number of hydrogen-bond acceptors (Lipinski definition) is 4. The minimum Gasteiger partial charge on any atom is -0.341 e. The van der Waals surface area contributed by atoms with Gasteiger partial charge in [-0.2, -0.15) is 0 Å². The number of nitrogens with one attached hydrogen (secondary N) is 1. The third kappa shape index (κ3) is 3.29. The molecule has 2 rings (SSSR count). The topological polar surface area (TPSA) is 45.2 Å². The first-order valence-corrected chi connectivity index (χ1v) is 7.40. The summed E-state index contributed by atoms with van der Waals surface area (Å²) in [5.74, 6) is 0.292. The van der Waals surface area contributed by atoms with Crippen molar-refractivity contribution in [2.75, 3.05) is 13.1 Å². The van der Waals surface area contributed by atoms with Gasteiger partial charge in [-0.25, -0.2) is 4.98 Å². The van der Waals surface area contributed by atoms with Crippen molar-refractivity contribution in [3.8, 4) is 0 Å². The van der Waals surface area contributed by atoms with Crippen LogP contribution in [0.1, 0.15) is 43.4 Å². The van der Waals surface area contributed by atoms with Gasteiger partial charge >= 0.3 is 0 Å². The smallest absolute Gasteiger partial charge is 0.222 e. The van der Waals surface area contributed by atoms with E-state index in [0.717, 1.165) is 30.2 Å². The molecule has 2 heterocycles. The Labute approximate surface area is 112 Å². The molecular formula is C13H21N3OS. The molecule has 1 N–H and O–H groups in total. The molecule has 0 aromatic carbocycles. The molecule has 1 saturated heterocycles. The van der Waals surface area contributed by atoms with Crippen LogP contribution in [0.2, 0.25) is 0 Å². The summed E-state index contributed by atoms with van der Waals surface area (Å²) in [6.07, 6.45) is 1.72. The first-order chi connectivity index (χ1) is 8.56. The molecule has 1 aliphatic heterocycles. The molecule has 5 heteroatoms. The molecule has 100 valence electrons. The zero-order valence-electron chi connectivity index (χ0n) is 11.3. The first kappa shape index (κ1) is 13.5. The number of aromatic nitrogens is 1. The van der Waals surface area contributed by atoms with Crippen LogP contribution in [-0.2, 0) is 4.79 Å². The number of amides is 1. The maximum absolute atomic E-state index is 11.6. The fourth-order valence-corrected chi connectivity index (χ4v) is 3.08. The summed E-state index contributed by atoms with van der Waals surface area (Å²) in [6, 6.07) is 0.534. The van der Waals surface area contributed by atoms with Gasteiger partial charge < -0.3 is 10.2 Å². The van der Waals surface area contributed by atoms with Crippen LogP contribution in [-0.4, -0.2) is 34.9 Å². The number of nitrogens with zero attached hydrogens (tertiary/aromatic N) is 2. The Hall–Kier alpha value is -0.940. The minimum atomic E-state index is 0.239. The number of carbonyl (C=O) groups is 1. The van der Waals surface area contributed by atoms with Gasteiger partial charge in [-0.1, -0.05) is 0 Å². The monoisotopic (exact) mass is 267 g/mol. The Morgan fingerprint density at radius 1 is 1.56 bits per heavy atom. The second-order valence-corrected chi connectivity index (χ2v) is 6.09. The maximum Gasteiger partial charge on any atom is 0.222 e. The predicted octanol–water partition coefficient (Wildman–Crippen LogP) is 2.11. The van der Waals surface area contributed by atoms with Crippen LogP contribution in [0.3, 0.4) is 0 Å². The molecule has 2 atom stereocenters. The Kier molecular flexibility index (Phi) is 4.35. The lowest BCUT2D eigenvalue weighted by Crippen LogP contribution is -2.40. The summed E-state index contributed by atoms with van der Waals surface area (Å²) in [4.78, 5) is 18.0. The van der Waals surface area contributed by atoms with Gasteiger partial charge in [-0.3, -0.25) is 4.79 Å². The molecule has 1 amide bonds. The van der Waals surface area contributed by atoms with E-state index in [4.69, 9.17) is 0 Å². The molecule has 1 fully saturated rings. The summed E-state index contributed by atoms with van der Waals surface area (Å²) in [5.41, 5.74) is 1.09. The number of carbonyl (C=O) groups excluding carboxylic acids is 1. The summed E-state index contributed by atoms with van der Waals surface area (Å²) >= 11 is 1.68. The number of rotatable bonds is 5. The molecule has 0 saturated carbocycles. The molecule has 0 spiro atoms. The van der Waals surface area contributed by atoms with Gasteiger partial charge in [-0.15, -0.1) is 11.3 Å². The van der Waals surface area contributed by atoms with Gasteiger partial charge in [0.2, 0.25) is 5.91 Å². The van der Waals surface area contributed by atoms with Crippen molar-refractivity contribution in [3.63, 3.8) is 0 Å². The van der Waals surface area contributed by atoms with Crippen molar-refractivity contribution in [2.24, 2.45) is 0 Å². The Morgan fingerprint density at radius 3 is 2.89 bits per heavy atom.